The summed E-state index contributed by atoms with van der Waals surface area (Å²) in [7, 11) is 0. The van der Waals surface area contributed by atoms with Crippen molar-refractivity contribution in [2.45, 2.75) is 24.3 Å². The molecule has 0 radical (unpaired) electrons. The largest absolute Gasteiger partial charge is 0.294 e. The number of nitrogens with zero attached hydrogens (tertiary/aromatic N) is 1. The van der Waals surface area contributed by atoms with Crippen molar-refractivity contribution in [1.29, 1.82) is 0 Å². The third-order valence-corrected chi connectivity index (χ3v) is 1.96. The average Bonchev–Trinajstić information content (AvgIpc) is 1.60. The molecular weight excluding hydrogens is 130 g/mol. The van der Waals surface area contributed by atoms with Crippen molar-refractivity contribution in [3.8, 4) is 0 Å². The molecule has 0 amide bonds. The first-order valence-electron chi connectivity index (χ1n) is 2.48. The fraction of sp³-hybridized carbons (Fsp3) is 1.00. The van der Waals surface area contributed by atoms with Gasteiger partial charge in [-0.2, -0.15) is 0 Å². The van der Waals surface area contributed by atoms with Gasteiger partial charge in [-0.15, -0.1) is 0 Å². The van der Waals surface area contributed by atoms with Crippen molar-refractivity contribution in [3.05, 3.63) is 10.1 Å². The molecule has 1 rings (SSSR count). The molecule has 0 aromatic carbocycles. The van der Waals surface area contributed by atoms with Crippen molar-refractivity contribution in [1.82, 2.24) is 0 Å². The van der Waals surface area contributed by atoms with Crippen LogP contribution in [0.5, 0.6) is 0 Å². The van der Waals surface area contributed by atoms with E-state index in [2.05, 4.69) is 0 Å². The lowest BCUT2D eigenvalue weighted by atomic mass is 9.93. The predicted molar refractivity (Wildman–Crippen MR) is 29.4 cm³/mol. The van der Waals surface area contributed by atoms with Gasteiger partial charge in [0, 0.05) is 17.8 Å². The summed E-state index contributed by atoms with van der Waals surface area (Å²) in [6, 6.07) is 0. The summed E-state index contributed by atoms with van der Waals surface area (Å²) >= 11 is 5.44. The summed E-state index contributed by atoms with van der Waals surface area (Å²) < 4.78 is 0. The van der Waals surface area contributed by atoms with Crippen LogP contribution in [-0.2, 0) is 0 Å². The third-order valence-electron chi connectivity index (χ3n) is 1.45. The van der Waals surface area contributed by atoms with Gasteiger partial charge >= 0.3 is 0 Å². The first-order chi connectivity index (χ1) is 3.65. The lowest BCUT2D eigenvalue weighted by Crippen LogP contribution is -2.38. The highest BCUT2D eigenvalue weighted by atomic mass is 35.5. The van der Waals surface area contributed by atoms with Gasteiger partial charge in [0.1, 0.15) is 0 Å². The number of hydrogen-bond acceptors (Lipinski definition) is 2. The maximum absolute atomic E-state index is 9.98. The van der Waals surface area contributed by atoms with Crippen molar-refractivity contribution < 1.29 is 4.92 Å². The predicted octanol–water partition coefficient (Wildman–Crippen LogP) is 1.38. The van der Waals surface area contributed by atoms with Crippen molar-refractivity contribution >= 4 is 11.6 Å². The zero-order valence-corrected chi connectivity index (χ0v) is 5.02. The quantitative estimate of drug-likeness (QED) is 0.236. The maximum Gasteiger partial charge on any atom is 0.294 e. The monoisotopic (exact) mass is 135 g/mol. The van der Waals surface area contributed by atoms with Crippen LogP contribution < -0.4 is 0 Å². The Morgan fingerprint density at radius 2 is 2.12 bits per heavy atom. The second-order valence-corrected chi connectivity index (χ2v) is 2.73. The first kappa shape index (κ1) is 5.82. The van der Waals surface area contributed by atoms with E-state index < -0.39 is 9.92 Å². The van der Waals surface area contributed by atoms with Gasteiger partial charge in [-0.1, -0.05) is 0 Å². The Kier molecular flexibility index (Phi) is 1.15. The summed E-state index contributed by atoms with van der Waals surface area (Å²) in [4.78, 5) is 8.49. The minimum absolute atomic E-state index is 0.405. The number of alkyl halides is 1. The van der Waals surface area contributed by atoms with E-state index in [1.807, 2.05) is 0 Å². The molecule has 4 heteroatoms. The topological polar surface area (TPSA) is 43.1 Å². The second-order valence-electron chi connectivity index (χ2n) is 2.03. The van der Waals surface area contributed by atoms with Gasteiger partial charge in [0.15, 0.2) is 0 Å². The molecule has 0 N–H and O–H groups in total. The van der Waals surface area contributed by atoms with Gasteiger partial charge < -0.3 is 0 Å². The van der Waals surface area contributed by atoms with Crippen molar-refractivity contribution in [3.63, 3.8) is 0 Å². The summed E-state index contributed by atoms with van der Waals surface area (Å²) in [6.45, 7) is 0. The number of nitro groups is 1. The molecule has 0 aromatic rings. The minimum Gasteiger partial charge on any atom is -0.263 e. The Bertz CT molecular complexity index is 121. The molecule has 0 aromatic heterocycles. The van der Waals surface area contributed by atoms with E-state index in [0.29, 0.717) is 12.8 Å². The molecule has 0 atom stereocenters. The molecular formula is C4H6ClNO2. The van der Waals surface area contributed by atoms with Crippen LogP contribution in [0.3, 0.4) is 0 Å². The zero-order valence-electron chi connectivity index (χ0n) is 4.26. The lowest BCUT2D eigenvalue weighted by Gasteiger charge is -2.25. The smallest absolute Gasteiger partial charge is 0.263 e. The van der Waals surface area contributed by atoms with Gasteiger partial charge in [-0.3, -0.25) is 10.1 Å². The first-order valence-corrected chi connectivity index (χ1v) is 2.86. The molecule has 1 aliphatic rings. The van der Waals surface area contributed by atoms with Gasteiger partial charge in [-0.25, -0.2) is 0 Å². The molecule has 1 fully saturated rings. The van der Waals surface area contributed by atoms with Gasteiger partial charge in [0.2, 0.25) is 0 Å². The van der Waals surface area contributed by atoms with Crippen molar-refractivity contribution in [2.24, 2.45) is 0 Å². The highest BCUT2D eigenvalue weighted by molar-refractivity contribution is 6.23. The van der Waals surface area contributed by atoms with E-state index in [9.17, 15) is 10.1 Å². The van der Waals surface area contributed by atoms with Crippen LogP contribution in [0.2, 0.25) is 0 Å². The van der Waals surface area contributed by atoms with Gasteiger partial charge in [-0.05, 0) is 18.0 Å². The molecule has 3 nitrogen and oxygen atoms in total. The van der Waals surface area contributed by atoms with E-state index in [4.69, 9.17) is 11.6 Å². The van der Waals surface area contributed by atoms with Crippen LogP contribution in [0, 0.1) is 10.1 Å². The van der Waals surface area contributed by atoms with Crippen LogP contribution in [0.15, 0.2) is 0 Å². The van der Waals surface area contributed by atoms with E-state index >= 15 is 0 Å². The number of halogens is 1. The Labute approximate surface area is 51.8 Å². The molecule has 1 saturated carbocycles. The standard InChI is InChI=1S/C4H6ClNO2/c5-4(6(7)8)2-1-3-4/h1-3H2. The summed E-state index contributed by atoms with van der Waals surface area (Å²) in [5, 5.41) is 9.98. The van der Waals surface area contributed by atoms with Crippen LogP contribution in [0.1, 0.15) is 19.3 Å². The Morgan fingerprint density at radius 1 is 1.62 bits per heavy atom. The fourth-order valence-electron chi connectivity index (χ4n) is 0.651. The molecule has 8 heavy (non-hydrogen) atoms. The Hall–Kier alpha value is -0.310. The van der Waals surface area contributed by atoms with Gasteiger partial charge in [0.05, 0.1) is 0 Å². The maximum atomic E-state index is 9.98. The van der Waals surface area contributed by atoms with Crippen LogP contribution in [0.25, 0.3) is 0 Å². The molecule has 0 saturated heterocycles. The second kappa shape index (κ2) is 1.58. The molecule has 46 valence electrons. The van der Waals surface area contributed by atoms with E-state index in [1.165, 1.54) is 0 Å². The number of hydrogen-bond donors (Lipinski definition) is 0. The van der Waals surface area contributed by atoms with E-state index in [1.54, 1.807) is 0 Å². The van der Waals surface area contributed by atoms with Crippen LogP contribution >= 0.6 is 11.6 Å². The SMILES string of the molecule is O=[N+]([O-])C1(Cl)CCC1. The van der Waals surface area contributed by atoms with Crippen LogP contribution in [-0.4, -0.2) is 9.92 Å². The summed E-state index contributed by atoms with van der Waals surface area (Å²) in [6.07, 6.45) is 1.95. The summed E-state index contributed by atoms with van der Waals surface area (Å²) in [5.74, 6) is 0. The van der Waals surface area contributed by atoms with E-state index in [0.717, 1.165) is 6.42 Å². The minimum atomic E-state index is -1.08. The molecule has 0 heterocycles. The van der Waals surface area contributed by atoms with Crippen LogP contribution in [0.4, 0.5) is 0 Å². The van der Waals surface area contributed by atoms with Gasteiger partial charge in [0.25, 0.3) is 5.00 Å². The lowest BCUT2D eigenvalue weighted by molar-refractivity contribution is -0.556. The normalized spacial score (nSPS) is 24.1. The fourth-order valence-corrected chi connectivity index (χ4v) is 0.918. The molecule has 0 aliphatic heterocycles. The van der Waals surface area contributed by atoms with Crippen molar-refractivity contribution in [2.75, 3.05) is 0 Å². The molecule has 0 spiro atoms. The Balaban J connectivity index is 2.53. The highest BCUT2D eigenvalue weighted by Gasteiger charge is 2.46. The Morgan fingerprint density at radius 3 is 2.12 bits per heavy atom. The van der Waals surface area contributed by atoms with E-state index in [-0.39, 0.29) is 0 Å². The summed E-state index contributed by atoms with van der Waals surface area (Å²) in [5.41, 5.74) is 0. The molecule has 0 unspecified atom stereocenters. The zero-order chi connectivity index (χ0) is 6.20. The molecule has 0 bridgehead atoms. The molecule has 1 aliphatic carbocycles. The highest BCUT2D eigenvalue weighted by Crippen LogP contribution is 2.38. The third kappa shape index (κ3) is 0.668. The average molecular weight is 136 g/mol. The number of rotatable bonds is 1.